The Morgan fingerprint density at radius 1 is 1.07 bits per heavy atom. The average Bonchev–Trinajstić information content (AvgIpc) is 2.67. The van der Waals surface area contributed by atoms with Crippen LogP contribution in [0, 0.1) is 0 Å². The number of amides is 2. The summed E-state index contributed by atoms with van der Waals surface area (Å²) in [6, 6.07) is 14.0. The minimum Gasteiger partial charge on any atom is -0.494 e. The molecule has 0 radical (unpaired) electrons. The molecule has 2 N–H and O–H groups in total. The Bertz CT molecular complexity index is 806. The number of nitrogens with one attached hydrogen (secondary N) is 2. The van der Waals surface area contributed by atoms with Crippen LogP contribution in [0.4, 0.5) is 0 Å². The smallest absolute Gasteiger partial charge is 0.279 e. The minimum absolute atomic E-state index is 0.483. The molecule has 0 saturated carbocycles. The Morgan fingerprint density at radius 3 is 2.41 bits per heavy atom. The molecule has 0 saturated heterocycles. The molecule has 6 nitrogen and oxygen atoms in total. The van der Waals surface area contributed by atoms with E-state index in [1.165, 1.54) is 6.08 Å². The standard InChI is InChI=1S/C20H21ClN2O4/c1-3-26-16-9-11-17(12-10-16)27-14(2)20(25)23-22-19(24)13-8-15-6-4-5-7-18(15)21/h4-14H,3H2,1-2H3,(H,22,24)(H,23,25)/b13-8+/t14-/m0/s1. The van der Waals surface area contributed by atoms with Crippen molar-refractivity contribution in [2.75, 3.05) is 6.61 Å². The predicted molar refractivity (Wildman–Crippen MR) is 104 cm³/mol. The molecule has 0 fully saturated rings. The first-order valence-electron chi connectivity index (χ1n) is 8.41. The van der Waals surface area contributed by atoms with Gasteiger partial charge in [0, 0.05) is 11.1 Å². The van der Waals surface area contributed by atoms with Crippen molar-refractivity contribution >= 4 is 29.5 Å². The van der Waals surface area contributed by atoms with Gasteiger partial charge in [0.15, 0.2) is 6.10 Å². The molecule has 2 amide bonds. The molecule has 27 heavy (non-hydrogen) atoms. The Labute approximate surface area is 163 Å². The molecule has 0 spiro atoms. The Morgan fingerprint density at radius 2 is 1.74 bits per heavy atom. The predicted octanol–water partition coefficient (Wildman–Crippen LogP) is 3.37. The van der Waals surface area contributed by atoms with Crippen LogP contribution in [0.5, 0.6) is 11.5 Å². The van der Waals surface area contributed by atoms with Crippen LogP contribution in [0.2, 0.25) is 5.02 Å². The third-order valence-electron chi connectivity index (χ3n) is 3.45. The minimum atomic E-state index is -0.796. The highest BCUT2D eigenvalue weighted by molar-refractivity contribution is 6.32. The lowest BCUT2D eigenvalue weighted by atomic mass is 10.2. The summed E-state index contributed by atoms with van der Waals surface area (Å²) in [5.41, 5.74) is 5.31. The highest BCUT2D eigenvalue weighted by Gasteiger charge is 2.15. The van der Waals surface area contributed by atoms with Crippen LogP contribution < -0.4 is 20.3 Å². The fourth-order valence-corrected chi connectivity index (χ4v) is 2.28. The highest BCUT2D eigenvalue weighted by atomic mass is 35.5. The summed E-state index contributed by atoms with van der Waals surface area (Å²) in [6.07, 6.45) is 2.04. The second-order valence-corrected chi connectivity index (χ2v) is 5.91. The zero-order valence-electron chi connectivity index (χ0n) is 15.1. The molecular weight excluding hydrogens is 368 g/mol. The van der Waals surface area contributed by atoms with Crippen molar-refractivity contribution in [2.45, 2.75) is 20.0 Å². The largest absolute Gasteiger partial charge is 0.494 e. The monoisotopic (exact) mass is 388 g/mol. The topological polar surface area (TPSA) is 76.7 Å². The third-order valence-corrected chi connectivity index (χ3v) is 3.79. The lowest BCUT2D eigenvalue weighted by Gasteiger charge is -2.15. The first kappa shape index (κ1) is 20.3. The van der Waals surface area contributed by atoms with Crippen molar-refractivity contribution in [2.24, 2.45) is 0 Å². The van der Waals surface area contributed by atoms with Crippen molar-refractivity contribution in [1.29, 1.82) is 0 Å². The molecule has 0 aromatic heterocycles. The Kier molecular flexibility index (Phi) is 7.70. The summed E-state index contributed by atoms with van der Waals surface area (Å²) < 4.78 is 10.9. The van der Waals surface area contributed by atoms with Gasteiger partial charge in [0.1, 0.15) is 11.5 Å². The number of carbonyl (C=O) groups is 2. The molecule has 0 aliphatic heterocycles. The molecule has 0 aliphatic rings. The second kappa shape index (κ2) is 10.2. The fourth-order valence-electron chi connectivity index (χ4n) is 2.08. The summed E-state index contributed by atoms with van der Waals surface area (Å²) in [7, 11) is 0. The zero-order chi connectivity index (χ0) is 19.6. The maximum absolute atomic E-state index is 12.0. The van der Waals surface area contributed by atoms with Crippen molar-refractivity contribution in [1.82, 2.24) is 10.9 Å². The quantitative estimate of drug-likeness (QED) is 0.563. The number of rotatable bonds is 7. The van der Waals surface area contributed by atoms with Gasteiger partial charge < -0.3 is 9.47 Å². The molecule has 0 bridgehead atoms. The van der Waals surface area contributed by atoms with Gasteiger partial charge in [-0.15, -0.1) is 0 Å². The summed E-state index contributed by atoms with van der Waals surface area (Å²) in [5, 5.41) is 0.531. The maximum atomic E-state index is 12.0. The van der Waals surface area contributed by atoms with Crippen molar-refractivity contribution in [3.8, 4) is 11.5 Å². The van der Waals surface area contributed by atoms with Crippen LogP contribution in [0.25, 0.3) is 6.08 Å². The number of benzene rings is 2. The van der Waals surface area contributed by atoms with E-state index in [9.17, 15) is 9.59 Å². The van der Waals surface area contributed by atoms with Gasteiger partial charge in [0.05, 0.1) is 6.61 Å². The summed E-state index contributed by atoms with van der Waals surface area (Å²) >= 11 is 6.00. The van der Waals surface area contributed by atoms with Gasteiger partial charge in [-0.05, 0) is 55.8 Å². The van der Waals surface area contributed by atoms with Crippen LogP contribution in [-0.4, -0.2) is 24.5 Å². The van der Waals surface area contributed by atoms with Crippen molar-refractivity contribution in [3.05, 3.63) is 65.2 Å². The fraction of sp³-hybridized carbons (Fsp3) is 0.200. The van der Waals surface area contributed by atoms with Gasteiger partial charge in [-0.2, -0.15) is 0 Å². The van der Waals surface area contributed by atoms with E-state index in [1.807, 2.05) is 13.0 Å². The van der Waals surface area contributed by atoms with E-state index >= 15 is 0 Å². The first-order valence-corrected chi connectivity index (χ1v) is 8.79. The lowest BCUT2D eigenvalue weighted by molar-refractivity contribution is -0.131. The van der Waals surface area contributed by atoms with Gasteiger partial charge in [-0.25, -0.2) is 0 Å². The van der Waals surface area contributed by atoms with E-state index in [2.05, 4.69) is 10.9 Å². The molecule has 2 aromatic carbocycles. The van der Waals surface area contributed by atoms with Crippen LogP contribution in [0.3, 0.4) is 0 Å². The summed E-state index contributed by atoms with van der Waals surface area (Å²) in [4.78, 5) is 23.8. The lowest BCUT2D eigenvalue weighted by Crippen LogP contribution is -2.46. The first-order chi connectivity index (χ1) is 13.0. The third kappa shape index (κ3) is 6.67. The van der Waals surface area contributed by atoms with Gasteiger partial charge in [-0.1, -0.05) is 29.8 Å². The van der Waals surface area contributed by atoms with E-state index in [0.29, 0.717) is 22.9 Å². The van der Waals surface area contributed by atoms with E-state index < -0.39 is 17.9 Å². The molecule has 1 atom stereocenters. The maximum Gasteiger partial charge on any atom is 0.279 e. The summed E-state index contributed by atoms with van der Waals surface area (Å²) in [6.45, 7) is 4.05. The van der Waals surface area contributed by atoms with Crippen molar-refractivity contribution < 1.29 is 19.1 Å². The zero-order valence-corrected chi connectivity index (χ0v) is 15.8. The van der Waals surface area contributed by atoms with Gasteiger partial charge in [0.25, 0.3) is 11.8 Å². The number of carbonyl (C=O) groups excluding carboxylic acids is 2. The second-order valence-electron chi connectivity index (χ2n) is 5.50. The van der Waals surface area contributed by atoms with Gasteiger partial charge in [-0.3, -0.25) is 20.4 Å². The highest BCUT2D eigenvalue weighted by Crippen LogP contribution is 2.18. The van der Waals surface area contributed by atoms with Gasteiger partial charge in [0.2, 0.25) is 0 Å². The Balaban J connectivity index is 1.80. The number of hydrazine groups is 1. The van der Waals surface area contributed by atoms with Crippen LogP contribution in [0.15, 0.2) is 54.6 Å². The van der Waals surface area contributed by atoms with E-state index in [4.69, 9.17) is 21.1 Å². The van der Waals surface area contributed by atoms with E-state index in [1.54, 1.807) is 55.5 Å². The van der Waals surface area contributed by atoms with Crippen LogP contribution >= 0.6 is 11.6 Å². The molecule has 7 heteroatoms. The summed E-state index contributed by atoms with van der Waals surface area (Å²) in [5.74, 6) is 0.269. The average molecular weight is 389 g/mol. The van der Waals surface area contributed by atoms with E-state index in [-0.39, 0.29) is 0 Å². The van der Waals surface area contributed by atoms with Gasteiger partial charge >= 0.3 is 0 Å². The molecule has 0 unspecified atom stereocenters. The number of ether oxygens (including phenoxy) is 2. The molecule has 2 rings (SSSR count). The van der Waals surface area contributed by atoms with Crippen LogP contribution in [-0.2, 0) is 9.59 Å². The Hall–Kier alpha value is -2.99. The normalized spacial score (nSPS) is 11.7. The molecule has 2 aromatic rings. The number of hydrogen-bond acceptors (Lipinski definition) is 4. The molecule has 142 valence electrons. The molecule has 0 heterocycles. The van der Waals surface area contributed by atoms with E-state index in [0.717, 1.165) is 5.75 Å². The van der Waals surface area contributed by atoms with Crippen LogP contribution in [0.1, 0.15) is 19.4 Å². The SMILES string of the molecule is CCOc1ccc(O[C@@H](C)C(=O)NNC(=O)/C=C/c2ccccc2Cl)cc1. The molecular formula is C20H21ClN2O4. The van der Waals surface area contributed by atoms with Crippen molar-refractivity contribution in [3.63, 3.8) is 0 Å². The number of halogens is 1. The molecule has 0 aliphatic carbocycles. The number of hydrogen-bond donors (Lipinski definition) is 2.